The number of anilines is 1. The number of hydrogen-bond acceptors (Lipinski definition) is 23. The first kappa shape index (κ1) is 62.0. The molecule has 1 amide bonds. The van der Waals surface area contributed by atoms with Crippen LogP contribution < -0.4 is 28.0 Å². The van der Waals surface area contributed by atoms with Gasteiger partial charge in [0.25, 0.3) is 5.56 Å². The van der Waals surface area contributed by atoms with Crippen LogP contribution >= 0.6 is 23.5 Å². The number of nitrogens with zero attached hydrogens (tertiary/aromatic N) is 6. The summed E-state index contributed by atoms with van der Waals surface area (Å²) in [5, 5.41) is 30.8. The van der Waals surface area contributed by atoms with Crippen molar-refractivity contribution in [2.45, 2.75) is 88.4 Å². The molecule has 0 aliphatic carbocycles. The lowest BCUT2D eigenvalue weighted by molar-refractivity contribution is -0.122. The minimum atomic E-state index is -5.77. The number of rotatable bonds is 31. The maximum Gasteiger partial charge on any atom is 0.490 e. The zero-order valence-electron chi connectivity index (χ0n) is 40.9. The van der Waals surface area contributed by atoms with Crippen LogP contribution in [0.15, 0.2) is 33.0 Å². The number of nitrogen functional groups attached to an aromatic ring is 1. The third kappa shape index (κ3) is 21.2. The van der Waals surface area contributed by atoms with Crippen LogP contribution in [-0.4, -0.2) is 174 Å². The number of aliphatic hydroxyl groups is 2. The first-order chi connectivity index (χ1) is 36.2. The van der Waals surface area contributed by atoms with Crippen LogP contribution in [0.3, 0.4) is 0 Å². The van der Waals surface area contributed by atoms with E-state index in [1.165, 1.54) is 24.1 Å². The smallest absolute Gasteiger partial charge is 0.394 e. The van der Waals surface area contributed by atoms with Crippen molar-refractivity contribution in [2.75, 3.05) is 85.5 Å². The lowest BCUT2D eigenvalue weighted by Gasteiger charge is -2.19. The van der Waals surface area contributed by atoms with Gasteiger partial charge in [0, 0.05) is 51.4 Å². The van der Waals surface area contributed by atoms with Crippen molar-refractivity contribution < 1.29 is 94.6 Å². The second kappa shape index (κ2) is 30.3. The summed E-state index contributed by atoms with van der Waals surface area (Å²) >= 11 is 0. The van der Waals surface area contributed by atoms with Gasteiger partial charge in [0.1, 0.15) is 36.0 Å². The molecule has 0 spiro atoms. The summed E-state index contributed by atoms with van der Waals surface area (Å²) in [6, 6.07) is 0. The van der Waals surface area contributed by atoms with Crippen molar-refractivity contribution >= 4 is 35.2 Å². The fraction of sp³-hybridized carbons (Fsp3) is 0.634. The van der Waals surface area contributed by atoms with E-state index in [0.29, 0.717) is 58.8 Å². The van der Waals surface area contributed by atoms with Gasteiger partial charge in [-0.25, -0.2) is 28.0 Å². The molecule has 2 fully saturated rings. The molecular formula is C41H60N9O23P3. The van der Waals surface area contributed by atoms with E-state index in [2.05, 4.69) is 62.4 Å². The highest BCUT2D eigenvalue weighted by atomic mass is 31.3. The van der Waals surface area contributed by atoms with E-state index in [-0.39, 0.29) is 74.8 Å². The molecule has 0 saturated carbocycles. The van der Waals surface area contributed by atoms with Gasteiger partial charge < -0.3 is 74.0 Å². The predicted molar refractivity (Wildman–Crippen MR) is 257 cm³/mol. The molecule has 2 aliphatic rings. The van der Waals surface area contributed by atoms with Crippen LogP contribution in [-0.2, 0) is 77.8 Å². The summed E-state index contributed by atoms with van der Waals surface area (Å²) < 4.78 is 88.7. The zero-order chi connectivity index (χ0) is 55.3. The van der Waals surface area contributed by atoms with Gasteiger partial charge in [-0.1, -0.05) is 28.9 Å². The molecule has 4 unspecified atom stereocenters. The minimum absolute atomic E-state index is 0.0253. The molecule has 5 heterocycles. The van der Waals surface area contributed by atoms with E-state index in [1.807, 2.05) is 6.20 Å². The standard InChI is InChI=1S/C41H60N9O23P3/c1-64-32-22-37(70-33(32)26-51)50-24-29(39(54)45-41(50)56)7-4-2-3-5-9-30-25-48(47-46-30)12-14-66-16-18-68-20-19-67-17-15-65-13-10-35(53)43-11-6-8-28-23-49(40(55)44-38(28)42)36-21-31(52)34(71-36)27-69-75(60,61)73-76(62,63)72-74(57,58)59/h23-25,31-34,36-37,51-52H,2-3,5,9-22,26-27H2,1H3,(H,43,53)(H,60,61)(H,62,63)(H2,42,44,55)(H,45,54,56)(H2,57,58,59)/t31?,32?,33-,34-,36-,37-/m1/s1. The maximum absolute atomic E-state index is 12.6. The summed E-state index contributed by atoms with van der Waals surface area (Å²) in [6.07, 6.45) is 1.52. The number of H-pyrrole nitrogens is 1. The van der Waals surface area contributed by atoms with E-state index in [0.717, 1.165) is 23.1 Å². The Balaban J connectivity index is 0.848. The number of methoxy groups -OCH3 is 1. The van der Waals surface area contributed by atoms with Crippen LogP contribution in [0.25, 0.3) is 0 Å². The Kier molecular flexibility index (Phi) is 24.7. The van der Waals surface area contributed by atoms with Gasteiger partial charge in [0.15, 0.2) is 0 Å². The predicted octanol–water partition coefficient (Wildman–Crippen LogP) is -2.06. The molecule has 0 radical (unpaired) electrons. The zero-order valence-corrected chi connectivity index (χ0v) is 43.5. The Morgan fingerprint density at radius 2 is 1.49 bits per heavy atom. The van der Waals surface area contributed by atoms with E-state index < -0.39 is 77.8 Å². The van der Waals surface area contributed by atoms with Crippen molar-refractivity contribution in [1.82, 2.24) is 39.4 Å². The first-order valence-electron chi connectivity index (χ1n) is 23.3. The van der Waals surface area contributed by atoms with Crippen molar-refractivity contribution in [2.24, 2.45) is 0 Å². The molecule has 0 bridgehead atoms. The molecule has 3 aromatic rings. The summed E-state index contributed by atoms with van der Waals surface area (Å²) in [5.74, 6) is 10.5. The van der Waals surface area contributed by atoms with Crippen molar-refractivity contribution in [3.8, 4) is 23.7 Å². The Hall–Kier alpha value is -4.86. The van der Waals surface area contributed by atoms with Crippen LogP contribution in [0.4, 0.5) is 5.82 Å². The Bertz CT molecular complexity index is 2820. The van der Waals surface area contributed by atoms with Gasteiger partial charge in [0.05, 0.1) is 103 Å². The molecule has 422 valence electrons. The second-order valence-corrected chi connectivity index (χ2v) is 20.8. The normalized spacial score (nSPS) is 21.0. The average molecular weight is 1140 g/mol. The molecule has 0 aromatic carbocycles. The van der Waals surface area contributed by atoms with Gasteiger partial charge in [-0.2, -0.15) is 13.6 Å². The number of amides is 1. The highest BCUT2D eigenvalue weighted by Gasteiger charge is 2.43. The molecular weight excluding hydrogens is 1080 g/mol. The number of nitrogens with two attached hydrogens (primary N) is 1. The number of phosphoric acid groups is 3. The van der Waals surface area contributed by atoms with Crippen LogP contribution in [0, 0.1) is 23.7 Å². The number of carbonyl (C=O) groups is 1. The Morgan fingerprint density at radius 1 is 0.842 bits per heavy atom. The summed E-state index contributed by atoms with van der Waals surface area (Å²) in [7, 11) is -15.4. The monoisotopic (exact) mass is 1140 g/mol. The summed E-state index contributed by atoms with van der Waals surface area (Å²) in [4.78, 5) is 91.8. The number of aliphatic hydroxyl groups excluding tert-OH is 2. The van der Waals surface area contributed by atoms with E-state index in [9.17, 15) is 52.9 Å². The summed E-state index contributed by atoms with van der Waals surface area (Å²) in [5.41, 5.74) is 4.71. The Labute approximate surface area is 432 Å². The maximum atomic E-state index is 12.6. The van der Waals surface area contributed by atoms with Gasteiger partial charge in [0.2, 0.25) is 5.91 Å². The molecule has 35 heteroatoms. The second-order valence-electron chi connectivity index (χ2n) is 16.3. The molecule has 76 heavy (non-hydrogen) atoms. The molecule has 8 atom stereocenters. The number of aryl methyl sites for hydroxylation is 1. The van der Waals surface area contributed by atoms with E-state index in [4.69, 9.17) is 48.7 Å². The van der Waals surface area contributed by atoms with Gasteiger partial charge in [-0.05, 0) is 19.3 Å². The molecule has 3 aromatic heterocycles. The van der Waals surface area contributed by atoms with Crippen LogP contribution in [0.5, 0.6) is 0 Å². The van der Waals surface area contributed by atoms with Crippen LogP contribution in [0.2, 0.25) is 0 Å². The largest absolute Gasteiger partial charge is 0.490 e. The van der Waals surface area contributed by atoms with Crippen molar-refractivity contribution in [3.05, 3.63) is 66.7 Å². The molecule has 2 aliphatic heterocycles. The fourth-order valence-electron chi connectivity index (χ4n) is 7.06. The fourth-order valence-corrected chi connectivity index (χ4v) is 10.1. The molecule has 2 saturated heterocycles. The van der Waals surface area contributed by atoms with Gasteiger partial charge >= 0.3 is 34.8 Å². The topological polar surface area (TPSA) is 440 Å². The van der Waals surface area contributed by atoms with Gasteiger partial charge in [-0.15, -0.1) is 5.10 Å². The number of phosphoric ester groups is 1. The van der Waals surface area contributed by atoms with Crippen molar-refractivity contribution in [1.29, 1.82) is 0 Å². The Morgan fingerprint density at radius 3 is 2.16 bits per heavy atom. The first-order valence-corrected chi connectivity index (χ1v) is 27.8. The van der Waals surface area contributed by atoms with Crippen LogP contribution in [0.1, 0.15) is 67.8 Å². The SMILES string of the molecule is COC1C[C@H](n2cc(C#CCCCCc3cn(CCOCCOCCOCCOCCC(=O)NCC#Cc4cn([C@H]5CC(O)[C@@H](COP(=O)(O)OP(=O)(O)OP(=O)(O)O)O5)c(=O)nc4N)nn3)c(=O)[nH]c2=O)O[C@@H]1CO. The highest BCUT2D eigenvalue weighted by Crippen LogP contribution is 2.66. The molecule has 32 nitrogen and oxygen atoms in total. The van der Waals surface area contributed by atoms with Crippen molar-refractivity contribution in [3.63, 3.8) is 0 Å². The third-order valence-corrected chi connectivity index (χ3v) is 14.5. The number of unbranched alkanes of at least 4 members (excludes halogenated alkanes) is 2. The van der Waals surface area contributed by atoms with E-state index in [1.54, 1.807) is 4.68 Å². The lowest BCUT2D eigenvalue weighted by atomic mass is 10.1. The summed E-state index contributed by atoms with van der Waals surface area (Å²) in [6.45, 7) is 1.58. The third-order valence-electron chi connectivity index (χ3n) is 10.7. The van der Waals surface area contributed by atoms with E-state index >= 15 is 0 Å². The van der Waals surface area contributed by atoms with Gasteiger partial charge in [-0.3, -0.25) is 28.2 Å². The quantitative estimate of drug-likeness (QED) is 0.0190. The number of carbonyl (C=O) groups excluding carboxylic acids is 1. The number of ether oxygens (including phenoxy) is 7. The average Bonchev–Trinajstić information content (AvgIpc) is 4.09. The highest BCUT2D eigenvalue weighted by molar-refractivity contribution is 7.66. The number of nitrogens with one attached hydrogen (secondary N) is 2. The number of hydrogen-bond donors (Lipinski definition) is 9. The minimum Gasteiger partial charge on any atom is -0.394 e. The molecule has 10 N–H and O–H groups in total. The number of aromatic amines is 1. The lowest BCUT2D eigenvalue weighted by Crippen LogP contribution is -2.33. The number of aromatic nitrogens is 7. The molecule has 5 rings (SSSR count).